The normalized spacial score (nSPS) is 11.9. The minimum absolute atomic E-state index is 0.586. The van der Waals surface area contributed by atoms with Crippen molar-refractivity contribution in [3.05, 3.63) is 437 Å². The Bertz CT molecular complexity index is 9850. The van der Waals surface area contributed by atoms with Crippen molar-refractivity contribution in [3.8, 4) is 108 Å². The van der Waals surface area contributed by atoms with E-state index in [0.29, 0.717) is 52.8 Å². The number of benzene rings is 19. The van der Waals surface area contributed by atoms with Crippen LogP contribution in [0.4, 0.5) is 0 Å². The van der Waals surface area contributed by atoms with E-state index in [4.69, 9.17) is 49.3 Å². The molecule has 140 heavy (non-hydrogen) atoms. The molecule has 30 rings (SSSR count). The molecule has 0 amide bonds. The molecule has 11 aromatic heterocycles. The van der Waals surface area contributed by atoms with E-state index in [1.54, 1.807) is 0 Å². The summed E-state index contributed by atoms with van der Waals surface area (Å²) in [6.07, 6.45) is 0. The number of thiophene rings is 4. The van der Waals surface area contributed by atoms with Crippen molar-refractivity contribution in [2.24, 2.45) is 0 Å². The molecule has 11 heterocycles. The first kappa shape index (κ1) is 80.7. The van der Waals surface area contributed by atoms with Crippen molar-refractivity contribution in [2.75, 3.05) is 0 Å². The molecular weight excluding hydrogens is 1790 g/mol. The number of fused-ring (bicyclic) bond motifs is 27. The Balaban J connectivity index is 0.000000103. The van der Waals surface area contributed by atoms with Crippen LogP contribution in [0.25, 0.3) is 276 Å². The Kier molecular flexibility index (Phi) is 19.1. The van der Waals surface area contributed by atoms with Crippen molar-refractivity contribution in [3.63, 3.8) is 0 Å². The predicted octanol–water partition coefficient (Wildman–Crippen LogP) is 33.6. The van der Waals surface area contributed by atoms with E-state index >= 15 is 0 Å². The maximum absolute atomic E-state index is 6.12. The second-order valence-corrected chi connectivity index (χ2v) is 39.2. The molecule has 17 heteroatoms. The molecule has 0 radical (unpaired) electrons. The fourth-order valence-corrected chi connectivity index (χ4v) is 25.2. The van der Waals surface area contributed by atoms with Crippen LogP contribution < -0.4 is 0 Å². The molecule has 0 aliphatic carbocycles. The van der Waals surface area contributed by atoms with Crippen LogP contribution in [-0.2, 0) is 0 Å². The molecule has 0 saturated heterocycles. The van der Waals surface area contributed by atoms with Crippen LogP contribution in [-0.4, -0.2) is 58.6 Å². The van der Waals surface area contributed by atoms with Crippen molar-refractivity contribution < 1.29 is 4.42 Å². The van der Waals surface area contributed by atoms with Gasteiger partial charge in [0.2, 0.25) is 17.8 Å². The van der Waals surface area contributed by atoms with Gasteiger partial charge in [-0.3, -0.25) is 13.7 Å². The Morgan fingerprint density at radius 2 is 0.414 bits per heavy atom. The van der Waals surface area contributed by atoms with Crippen LogP contribution in [0.1, 0.15) is 0 Å². The van der Waals surface area contributed by atoms with E-state index in [1.165, 1.54) is 124 Å². The lowest BCUT2D eigenvalue weighted by atomic mass is 9.99. The van der Waals surface area contributed by atoms with Gasteiger partial charge in [0.1, 0.15) is 11.2 Å². The highest BCUT2D eigenvalue weighted by Gasteiger charge is 2.27. The number of rotatable bonds is 11. The summed E-state index contributed by atoms with van der Waals surface area (Å²) in [5.41, 5.74) is 18.5. The fourth-order valence-electron chi connectivity index (χ4n) is 20.3. The molecule has 0 fully saturated rings. The topological polar surface area (TPSA) is 144 Å². The Morgan fingerprint density at radius 3 is 0.800 bits per heavy atom. The third-order valence-corrected chi connectivity index (χ3v) is 31.6. The van der Waals surface area contributed by atoms with Gasteiger partial charge in [0.25, 0.3) is 0 Å². The third kappa shape index (κ3) is 13.6. The van der Waals surface area contributed by atoms with Gasteiger partial charge in [-0.2, -0.15) is 29.9 Å². The van der Waals surface area contributed by atoms with Crippen molar-refractivity contribution in [2.45, 2.75) is 0 Å². The summed E-state index contributed by atoms with van der Waals surface area (Å²) >= 11 is 7.36. The van der Waals surface area contributed by atoms with E-state index in [9.17, 15) is 0 Å². The van der Waals surface area contributed by atoms with Crippen molar-refractivity contribution >= 4 is 213 Å². The van der Waals surface area contributed by atoms with Crippen LogP contribution in [0.3, 0.4) is 0 Å². The van der Waals surface area contributed by atoms with Crippen LogP contribution in [0.2, 0.25) is 0 Å². The molecule has 0 aliphatic rings. The van der Waals surface area contributed by atoms with Crippen LogP contribution in [0, 0.1) is 0 Å². The van der Waals surface area contributed by atoms with Gasteiger partial charge in [-0.05, 0) is 125 Å². The summed E-state index contributed by atoms with van der Waals surface area (Å²) in [5, 5.41) is 19.5. The van der Waals surface area contributed by atoms with Gasteiger partial charge < -0.3 is 4.42 Å². The zero-order valence-electron chi connectivity index (χ0n) is 74.5. The maximum Gasteiger partial charge on any atom is 0.238 e. The van der Waals surface area contributed by atoms with Gasteiger partial charge in [0.05, 0.1) is 33.1 Å². The second-order valence-electron chi connectivity index (χ2n) is 34.9. The van der Waals surface area contributed by atoms with Gasteiger partial charge in [0.15, 0.2) is 34.9 Å². The predicted molar refractivity (Wildman–Crippen MR) is 585 cm³/mol. The Hall–Kier alpha value is -17.7. The summed E-state index contributed by atoms with van der Waals surface area (Å²) in [5.74, 6) is 5.62. The smallest absolute Gasteiger partial charge is 0.238 e. The molecule has 654 valence electrons. The van der Waals surface area contributed by atoms with Gasteiger partial charge in [-0.15, -0.1) is 45.3 Å². The molecule has 30 aromatic rings. The van der Waals surface area contributed by atoms with E-state index in [0.717, 1.165) is 99.5 Å². The molecule has 0 atom stereocenters. The summed E-state index contributed by atoms with van der Waals surface area (Å²) in [6.45, 7) is 0. The maximum atomic E-state index is 6.12. The van der Waals surface area contributed by atoms with Crippen molar-refractivity contribution in [1.82, 2.24) is 58.6 Å². The lowest BCUT2D eigenvalue weighted by molar-refractivity contribution is 0.669. The highest BCUT2D eigenvalue weighted by molar-refractivity contribution is 7.28. The molecule has 0 aliphatic heterocycles. The number of hydrogen-bond donors (Lipinski definition) is 0. The third-order valence-electron chi connectivity index (χ3n) is 26.8. The minimum Gasteiger partial charge on any atom is -0.456 e. The lowest BCUT2D eigenvalue weighted by Crippen LogP contribution is -2.06. The summed E-state index contributed by atoms with van der Waals surface area (Å²) in [4.78, 5) is 46.1. The average molecular weight is 1860 g/mol. The van der Waals surface area contributed by atoms with Gasteiger partial charge in [0, 0.05) is 157 Å². The molecule has 0 saturated carbocycles. The number of nitrogens with zero attached hydrogens (tertiary/aromatic N) is 12. The molecule has 0 unspecified atom stereocenters. The highest BCUT2D eigenvalue weighted by atomic mass is 32.1. The summed E-state index contributed by atoms with van der Waals surface area (Å²) in [6, 6.07) is 153. The zero-order chi connectivity index (χ0) is 92.0. The average Bonchev–Trinajstić information content (AvgIpc) is 1.57. The molecule has 0 spiro atoms. The summed E-state index contributed by atoms with van der Waals surface area (Å²) < 4.78 is 23.0. The lowest BCUT2D eigenvalue weighted by Gasteiger charge is -2.11. The van der Waals surface area contributed by atoms with E-state index in [-0.39, 0.29) is 0 Å². The zero-order valence-corrected chi connectivity index (χ0v) is 77.7. The number of furan rings is 1. The van der Waals surface area contributed by atoms with Gasteiger partial charge >= 0.3 is 0 Å². The number of para-hydroxylation sites is 4. The largest absolute Gasteiger partial charge is 0.456 e. The Morgan fingerprint density at radius 1 is 0.157 bits per heavy atom. The molecular formula is C123H72N12OS4. The molecule has 0 N–H and O–H groups in total. The number of aromatic nitrogens is 12. The molecule has 13 nitrogen and oxygen atoms in total. The first-order chi connectivity index (χ1) is 69.4. The quantitative estimate of drug-likeness (QED) is 0.123. The van der Waals surface area contributed by atoms with E-state index in [1.807, 2.05) is 148 Å². The minimum atomic E-state index is 0.586. The van der Waals surface area contributed by atoms with E-state index in [2.05, 4.69) is 347 Å². The number of hydrogen-bond acceptors (Lipinski definition) is 14. The van der Waals surface area contributed by atoms with Gasteiger partial charge in [-0.1, -0.05) is 334 Å². The SMILES string of the molecule is c1ccc(-c2ccc(-c3ccc(-c4nc(-c5ccccc5)nc(-n5c6ccccc6c6c7sc8ccccc8c7ccc65)n4)cc3)cc2)cc1.c1ccc(-c2nc(-c3ccc4oc5ccccc5c4c3)nc(-n3c4ccccc4c4c5sc6ccccc6c5ccc43)n2)cc1.c1ccc(-c2nc(-c3ccc4sc5ccccc5c4c3)nc(-n3c4ccccc4c4c5sc6ccccc6c5ccc43)n2)cc1. The molecule has 0 bridgehead atoms. The fraction of sp³-hybridized carbons (Fsp3) is 0. The second kappa shape index (κ2) is 33.1. The highest BCUT2D eigenvalue weighted by Crippen LogP contribution is 2.49. The monoisotopic (exact) mass is 1860 g/mol. The first-order valence-electron chi connectivity index (χ1n) is 46.4. The standard InChI is InChI=1S/C45H28N4S.C39H22N4OS.C39H22N4S2/c1-3-11-29(12-4-1)30-19-21-31(22-20-30)32-23-25-34(26-24-32)44-46-43(33-13-5-2-6-14-33)47-45(48-44)49-38-17-9-7-16-37(38)41-39(49)28-27-36-35-15-8-10-18-40(35)50-42(36)41;1-2-10-23(11-3-1)37-40-38(24-18-21-33-29(22-24)25-12-5-8-16-32(25)44-33)42-39(41-37)43-30-15-7-4-14-28(30)35-31(43)20-19-27-26-13-6-9-17-34(26)45-36(27)35;1-2-10-23(11-3-1)37-40-38(24-18-21-34-29(22-24)26-13-6-8-16-32(26)44-34)42-39(41-37)43-30-15-7-4-14-28(30)35-31(43)20-19-27-25-12-5-9-17-33(25)45-36(27)35/h1-28H;2*1-22H. The first-order valence-corrected chi connectivity index (χ1v) is 49.7. The Labute approximate surface area is 815 Å². The van der Waals surface area contributed by atoms with Crippen LogP contribution in [0.15, 0.2) is 441 Å². The van der Waals surface area contributed by atoms with Gasteiger partial charge in [-0.25, -0.2) is 15.0 Å². The van der Waals surface area contributed by atoms with E-state index < -0.39 is 0 Å². The van der Waals surface area contributed by atoms with Crippen LogP contribution >= 0.6 is 45.3 Å². The summed E-state index contributed by atoms with van der Waals surface area (Å²) in [7, 11) is 0. The van der Waals surface area contributed by atoms with Crippen molar-refractivity contribution in [1.29, 1.82) is 0 Å². The van der Waals surface area contributed by atoms with Crippen LogP contribution in [0.5, 0.6) is 0 Å². The molecule has 19 aromatic carbocycles.